The van der Waals surface area contributed by atoms with Crippen LogP contribution in [0, 0.1) is 0 Å². The van der Waals surface area contributed by atoms with Gasteiger partial charge >= 0.3 is 11.8 Å². The number of nitrogens with one attached hydrogen (secondary N) is 2. The van der Waals surface area contributed by atoms with E-state index in [1.807, 2.05) is 6.07 Å². The molecule has 2 amide bonds. The first kappa shape index (κ1) is 18.5. The number of benzene rings is 2. The molecule has 0 aliphatic carbocycles. The summed E-state index contributed by atoms with van der Waals surface area (Å²) in [7, 11) is 3.06. The minimum absolute atomic E-state index is 0.499. The van der Waals surface area contributed by atoms with E-state index in [4.69, 9.17) is 9.47 Å². The highest BCUT2D eigenvalue weighted by Gasteiger charge is 2.12. The summed E-state index contributed by atoms with van der Waals surface area (Å²) in [6, 6.07) is 12.0. The summed E-state index contributed by atoms with van der Waals surface area (Å²) in [5, 5.41) is 6.23. The maximum absolute atomic E-state index is 11.8. The van der Waals surface area contributed by atoms with Crippen LogP contribution in [0.25, 0.3) is 0 Å². The van der Waals surface area contributed by atoms with Gasteiger partial charge in [-0.05, 0) is 42.0 Å². The lowest BCUT2D eigenvalue weighted by molar-refractivity contribution is -0.136. The van der Waals surface area contributed by atoms with Crippen LogP contribution in [0.4, 0.5) is 5.69 Å². The first-order valence-corrected chi connectivity index (χ1v) is 7.94. The number of halogens is 1. The molecule has 7 nitrogen and oxygen atoms in total. The number of hydrazone groups is 1. The monoisotopic (exact) mass is 405 g/mol. The topological polar surface area (TPSA) is 89.0 Å². The molecule has 0 unspecified atom stereocenters. The zero-order valence-electron chi connectivity index (χ0n) is 13.6. The number of nitrogens with zero attached hydrogens (tertiary/aromatic N) is 1. The summed E-state index contributed by atoms with van der Waals surface area (Å²) in [6.45, 7) is 0. The fourth-order valence-corrected chi connectivity index (χ4v) is 2.30. The van der Waals surface area contributed by atoms with Crippen LogP contribution in [0.1, 0.15) is 5.56 Å². The van der Waals surface area contributed by atoms with Crippen LogP contribution in [-0.4, -0.2) is 32.2 Å². The number of methoxy groups -OCH3 is 2. The van der Waals surface area contributed by atoms with Gasteiger partial charge in [-0.2, -0.15) is 5.10 Å². The zero-order valence-corrected chi connectivity index (χ0v) is 15.2. The summed E-state index contributed by atoms with van der Waals surface area (Å²) in [5.41, 5.74) is 3.34. The Morgan fingerprint density at radius 2 is 1.80 bits per heavy atom. The molecule has 0 bridgehead atoms. The molecule has 2 aromatic carbocycles. The number of ether oxygens (including phenoxy) is 2. The van der Waals surface area contributed by atoms with E-state index in [1.54, 1.807) is 36.4 Å². The van der Waals surface area contributed by atoms with E-state index in [1.165, 1.54) is 20.4 Å². The molecular formula is C17H16BrN3O4. The van der Waals surface area contributed by atoms with Gasteiger partial charge in [0, 0.05) is 10.2 Å². The summed E-state index contributed by atoms with van der Waals surface area (Å²) < 4.78 is 11.1. The van der Waals surface area contributed by atoms with E-state index in [2.05, 4.69) is 31.8 Å². The minimum atomic E-state index is -0.878. The third-order valence-electron chi connectivity index (χ3n) is 3.08. The van der Waals surface area contributed by atoms with Gasteiger partial charge in [-0.1, -0.05) is 22.0 Å². The Balaban J connectivity index is 1.94. The Hall–Kier alpha value is -2.87. The normalized spacial score (nSPS) is 10.4. The highest BCUT2D eigenvalue weighted by Crippen LogP contribution is 2.26. The van der Waals surface area contributed by atoms with Crippen LogP contribution in [0.15, 0.2) is 52.0 Å². The van der Waals surface area contributed by atoms with Gasteiger partial charge in [-0.3, -0.25) is 9.59 Å². The molecule has 0 aliphatic heterocycles. The van der Waals surface area contributed by atoms with Crippen LogP contribution in [0.3, 0.4) is 0 Å². The summed E-state index contributed by atoms with van der Waals surface area (Å²) in [4.78, 5) is 23.6. The zero-order chi connectivity index (χ0) is 18.2. The average Bonchev–Trinajstić information content (AvgIpc) is 2.61. The molecular weight excluding hydrogens is 390 g/mol. The Kier molecular flexibility index (Phi) is 6.53. The second kappa shape index (κ2) is 8.84. The molecule has 2 aromatic rings. The first-order chi connectivity index (χ1) is 12.0. The molecule has 2 N–H and O–H groups in total. The average molecular weight is 406 g/mol. The van der Waals surface area contributed by atoms with Gasteiger partial charge in [0.25, 0.3) is 0 Å². The third-order valence-corrected chi connectivity index (χ3v) is 3.57. The maximum Gasteiger partial charge on any atom is 0.329 e. The van der Waals surface area contributed by atoms with Crippen molar-refractivity contribution in [3.05, 3.63) is 52.5 Å². The van der Waals surface area contributed by atoms with E-state index < -0.39 is 11.8 Å². The largest absolute Gasteiger partial charge is 0.493 e. The van der Waals surface area contributed by atoms with Gasteiger partial charge in [0.2, 0.25) is 0 Å². The molecule has 25 heavy (non-hydrogen) atoms. The molecule has 0 atom stereocenters. The third kappa shape index (κ3) is 5.32. The molecule has 0 aliphatic rings. The number of carbonyl (C=O) groups excluding carboxylic acids is 2. The Morgan fingerprint density at radius 1 is 1.04 bits per heavy atom. The Labute approximate surface area is 153 Å². The highest BCUT2D eigenvalue weighted by atomic mass is 79.9. The van der Waals surface area contributed by atoms with Gasteiger partial charge in [0.1, 0.15) is 0 Å². The first-order valence-electron chi connectivity index (χ1n) is 7.15. The lowest BCUT2D eigenvalue weighted by Crippen LogP contribution is -2.32. The number of carbonyl (C=O) groups is 2. The number of hydrogen-bond donors (Lipinski definition) is 2. The predicted octanol–water partition coefficient (Wildman–Crippen LogP) is 2.56. The van der Waals surface area contributed by atoms with Crippen LogP contribution in [0.5, 0.6) is 11.5 Å². The van der Waals surface area contributed by atoms with Gasteiger partial charge in [0.15, 0.2) is 11.5 Å². The van der Waals surface area contributed by atoms with Crippen molar-refractivity contribution < 1.29 is 19.1 Å². The molecule has 0 heterocycles. The van der Waals surface area contributed by atoms with Crippen LogP contribution >= 0.6 is 15.9 Å². The fraction of sp³-hybridized carbons (Fsp3) is 0.118. The second-order valence-corrected chi connectivity index (χ2v) is 5.69. The van der Waals surface area contributed by atoms with Crippen molar-refractivity contribution in [2.75, 3.05) is 19.5 Å². The molecule has 2 rings (SSSR count). The number of anilines is 1. The number of amides is 2. The lowest BCUT2D eigenvalue weighted by Gasteiger charge is -2.07. The van der Waals surface area contributed by atoms with E-state index in [0.29, 0.717) is 22.7 Å². The van der Waals surface area contributed by atoms with Crippen molar-refractivity contribution in [3.8, 4) is 11.5 Å². The van der Waals surface area contributed by atoms with Gasteiger partial charge in [-0.25, -0.2) is 5.43 Å². The Bertz CT molecular complexity index is 808. The number of rotatable bonds is 5. The van der Waals surface area contributed by atoms with Gasteiger partial charge in [0.05, 0.1) is 20.4 Å². The summed E-state index contributed by atoms with van der Waals surface area (Å²) in [5.74, 6) is -0.582. The lowest BCUT2D eigenvalue weighted by atomic mass is 10.2. The van der Waals surface area contributed by atoms with Crippen molar-refractivity contribution in [2.45, 2.75) is 0 Å². The standard InChI is InChI=1S/C17H16BrN3O4/c1-24-14-7-6-11(8-15(14)25-2)10-19-21-17(23)16(22)20-13-5-3-4-12(18)9-13/h3-10H,1-2H3,(H,20,22)(H,21,23)/b19-10+. The van der Waals surface area contributed by atoms with E-state index in [9.17, 15) is 9.59 Å². The van der Waals surface area contributed by atoms with E-state index in [-0.39, 0.29) is 0 Å². The molecule has 0 spiro atoms. The van der Waals surface area contributed by atoms with Crippen LogP contribution in [-0.2, 0) is 9.59 Å². The maximum atomic E-state index is 11.8. The van der Waals surface area contributed by atoms with Crippen molar-refractivity contribution in [1.29, 1.82) is 0 Å². The molecule has 0 radical (unpaired) electrons. The van der Waals surface area contributed by atoms with Gasteiger partial charge < -0.3 is 14.8 Å². The van der Waals surface area contributed by atoms with Crippen molar-refractivity contribution in [3.63, 3.8) is 0 Å². The second-order valence-electron chi connectivity index (χ2n) is 4.78. The van der Waals surface area contributed by atoms with E-state index >= 15 is 0 Å². The van der Waals surface area contributed by atoms with Crippen LogP contribution < -0.4 is 20.2 Å². The minimum Gasteiger partial charge on any atom is -0.493 e. The van der Waals surface area contributed by atoms with E-state index in [0.717, 1.165) is 4.47 Å². The summed E-state index contributed by atoms with van der Waals surface area (Å²) in [6.07, 6.45) is 1.40. The van der Waals surface area contributed by atoms with Crippen molar-refractivity contribution >= 4 is 39.6 Å². The van der Waals surface area contributed by atoms with Crippen molar-refractivity contribution in [1.82, 2.24) is 5.43 Å². The van der Waals surface area contributed by atoms with Crippen molar-refractivity contribution in [2.24, 2.45) is 5.10 Å². The summed E-state index contributed by atoms with van der Waals surface area (Å²) >= 11 is 3.28. The highest BCUT2D eigenvalue weighted by molar-refractivity contribution is 9.10. The molecule has 8 heteroatoms. The molecule has 0 saturated heterocycles. The van der Waals surface area contributed by atoms with Crippen LogP contribution in [0.2, 0.25) is 0 Å². The molecule has 0 saturated carbocycles. The molecule has 0 aromatic heterocycles. The quantitative estimate of drug-likeness (QED) is 0.454. The molecule has 0 fully saturated rings. The predicted molar refractivity (Wildman–Crippen MR) is 98.1 cm³/mol. The Morgan fingerprint density at radius 3 is 2.48 bits per heavy atom. The number of hydrogen-bond acceptors (Lipinski definition) is 5. The smallest absolute Gasteiger partial charge is 0.329 e. The SMILES string of the molecule is COc1ccc(/C=N/NC(=O)C(=O)Nc2cccc(Br)c2)cc1OC. The van der Waals surface area contributed by atoms with Gasteiger partial charge in [-0.15, -0.1) is 0 Å². The molecule has 130 valence electrons. The fourth-order valence-electron chi connectivity index (χ4n) is 1.90.